The molecule has 6 nitrogen and oxygen atoms in total. The molecule has 1 aromatic carbocycles. The van der Waals surface area contributed by atoms with Crippen molar-refractivity contribution in [3.63, 3.8) is 0 Å². The van der Waals surface area contributed by atoms with E-state index in [1.165, 1.54) is 0 Å². The number of hydrogen-bond acceptors (Lipinski definition) is 3. The van der Waals surface area contributed by atoms with Crippen LogP contribution in [0, 0.1) is 5.41 Å². The highest BCUT2D eigenvalue weighted by molar-refractivity contribution is 6.00. The van der Waals surface area contributed by atoms with Crippen molar-refractivity contribution < 1.29 is 14.7 Å². The van der Waals surface area contributed by atoms with Gasteiger partial charge < -0.3 is 10.4 Å². The van der Waals surface area contributed by atoms with E-state index in [1.54, 1.807) is 26.1 Å². The Morgan fingerprint density at radius 1 is 1.35 bits per heavy atom. The number of carboxylic acids is 1. The minimum atomic E-state index is -0.904. The van der Waals surface area contributed by atoms with Gasteiger partial charge >= 0.3 is 5.97 Å². The average Bonchev–Trinajstić information content (AvgIpc) is 2.74. The zero-order valence-electron chi connectivity index (χ0n) is 11.4. The summed E-state index contributed by atoms with van der Waals surface area (Å²) in [5, 5.41) is 19.3. The van der Waals surface area contributed by atoms with E-state index in [1.807, 2.05) is 12.1 Å². The zero-order valence-corrected chi connectivity index (χ0v) is 11.4. The van der Waals surface area contributed by atoms with Crippen molar-refractivity contribution in [2.45, 2.75) is 26.7 Å². The number of fused-ring (bicyclic) bond motifs is 1. The number of para-hydroxylation sites is 1. The number of nitrogens with one attached hydrogen (secondary N) is 2. The molecule has 106 valence electrons. The molecule has 6 heteroatoms. The first-order chi connectivity index (χ1) is 9.37. The highest BCUT2D eigenvalue weighted by atomic mass is 16.4. The summed E-state index contributed by atoms with van der Waals surface area (Å²) in [5.41, 5.74) is 0.825. The molecule has 1 amide bonds. The maximum Gasteiger partial charge on any atom is 0.303 e. The molecule has 0 aliphatic rings. The number of rotatable bonds is 5. The second-order valence-electron chi connectivity index (χ2n) is 5.60. The number of hydrogen-bond donors (Lipinski definition) is 3. The minimum absolute atomic E-state index is 0.0469. The summed E-state index contributed by atoms with van der Waals surface area (Å²) in [7, 11) is 0. The van der Waals surface area contributed by atoms with Crippen molar-refractivity contribution in [2.24, 2.45) is 5.41 Å². The summed E-state index contributed by atoms with van der Waals surface area (Å²) in [6, 6.07) is 5.50. The Morgan fingerprint density at radius 3 is 2.80 bits per heavy atom. The van der Waals surface area contributed by atoms with E-state index in [0.29, 0.717) is 5.69 Å². The second kappa shape index (κ2) is 5.32. The molecule has 0 spiro atoms. The van der Waals surface area contributed by atoms with Crippen molar-refractivity contribution in [1.82, 2.24) is 10.2 Å². The largest absolute Gasteiger partial charge is 0.481 e. The fourth-order valence-corrected chi connectivity index (χ4v) is 2.17. The first kappa shape index (κ1) is 14.0. The van der Waals surface area contributed by atoms with Crippen LogP contribution >= 0.6 is 0 Å². The number of H-pyrrole nitrogens is 1. The molecule has 0 atom stereocenters. The molecular formula is C14H17N3O3. The van der Waals surface area contributed by atoms with Crippen molar-refractivity contribution in [2.75, 3.05) is 5.32 Å². The van der Waals surface area contributed by atoms with Crippen molar-refractivity contribution >= 4 is 28.5 Å². The molecule has 2 aromatic rings. The average molecular weight is 275 g/mol. The maximum atomic E-state index is 12.0. The first-order valence-electron chi connectivity index (χ1n) is 6.31. The van der Waals surface area contributed by atoms with Gasteiger partial charge in [-0.15, -0.1) is 0 Å². The van der Waals surface area contributed by atoms with Crippen LogP contribution in [0.2, 0.25) is 0 Å². The lowest BCUT2D eigenvalue weighted by atomic mass is 9.85. The van der Waals surface area contributed by atoms with Crippen molar-refractivity contribution in [1.29, 1.82) is 0 Å². The number of amides is 1. The predicted octanol–water partition coefficient (Wildman–Crippen LogP) is 2.39. The van der Waals surface area contributed by atoms with E-state index in [9.17, 15) is 9.59 Å². The van der Waals surface area contributed by atoms with Gasteiger partial charge in [0.05, 0.1) is 23.8 Å². The summed E-state index contributed by atoms with van der Waals surface area (Å²) in [4.78, 5) is 22.8. The van der Waals surface area contributed by atoms with Gasteiger partial charge in [-0.3, -0.25) is 14.7 Å². The molecular weight excluding hydrogens is 258 g/mol. The maximum absolute atomic E-state index is 12.0. The van der Waals surface area contributed by atoms with Crippen LogP contribution in [-0.4, -0.2) is 27.2 Å². The molecule has 0 saturated carbocycles. The van der Waals surface area contributed by atoms with Gasteiger partial charge in [0, 0.05) is 11.8 Å². The van der Waals surface area contributed by atoms with E-state index in [4.69, 9.17) is 5.11 Å². The topological polar surface area (TPSA) is 95.1 Å². The molecule has 1 aromatic heterocycles. The highest BCUT2D eigenvalue weighted by Gasteiger charge is 2.25. The fraction of sp³-hybridized carbons (Fsp3) is 0.357. The number of carboxylic acid groups (broad SMARTS) is 1. The van der Waals surface area contributed by atoms with Gasteiger partial charge in [-0.1, -0.05) is 26.0 Å². The number of aliphatic carboxylic acids is 1. The Morgan fingerprint density at radius 2 is 2.10 bits per heavy atom. The summed E-state index contributed by atoms with van der Waals surface area (Å²) in [6.45, 7) is 3.52. The van der Waals surface area contributed by atoms with Gasteiger partial charge in [0.25, 0.3) is 0 Å². The molecule has 0 saturated heterocycles. The number of nitrogens with zero attached hydrogens (tertiary/aromatic N) is 1. The third kappa shape index (κ3) is 3.34. The number of aromatic nitrogens is 2. The minimum Gasteiger partial charge on any atom is -0.481 e. The number of benzene rings is 1. The Labute approximate surface area is 116 Å². The molecule has 0 radical (unpaired) electrons. The van der Waals surface area contributed by atoms with E-state index in [-0.39, 0.29) is 18.7 Å². The summed E-state index contributed by atoms with van der Waals surface area (Å²) in [6.07, 6.45) is 1.78. The van der Waals surface area contributed by atoms with Crippen LogP contribution < -0.4 is 5.32 Å². The van der Waals surface area contributed by atoms with Crippen LogP contribution in [-0.2, 0) is 9.59 Å². The molecule has 3 N–H and O–H groups in total. The molecule has 20 heavy (non-hydrogen) atoms. The van der Waals surface area contributed by atoms with E-state index < -0.39 is 11.4 Å². The SMILES string of the molecule is CC(C)(CC(=O)O)CC(=O)Nc1cccc2cn[nH]c12. The Bertz CT molecular complexity index is 646. The Kier molecular flexibility index (Phi) is 3.74. The lowest BCUT2D eigenvalue weighted by Gasteiger charge is -2.21. The van der Waals surface area contributed by atoms with Gasteiger partial charge in [0.1, 0.15) is 0 Å². The van der Waals surface area contributed by atoms with Gasteiger partial charge in [-0.25, -0.2) is 0 Å². The monoisotopic (exact) mass is 275 g/mol. The van der Waals surface area contributed by atoms with Gasteiger partial charge in [-0.05, 0) is 11.5 Å². The highest BCUT2D eigenvalue weighted by Crippen LogP contribution is 2.27. The number of anilines is 1. The van der Waals surface area contributed by atoms with Crippen LogP contribution in [0.25, 0.3) is 10.9 Å². The number of carbonyl (C=O) groups is 2. The van der Waals surface area contributed by atoms with Gasteiger partial charge in [0.2, 0.25) is 5.91 Å². The molecule has 0 aliphatic heterocycles. The number of carbonyl (C=O) groups excluding carboxylic acids is 1. The van der Waals surface area contributed by atoms with Crippen LogP contribution in [0.3, 0.4) is 0 Å². The van der Waals surface area contributed by atoms with Crippen LogP contribution in [0.5, 0.6) is 0 Å². The van der Waals surface area contributed by atoms with E-state index in [2.05, 4.69) is 15.5 Å². The molecule has 0 unspecified atom stereocenters. The molecule has 0 fully saturated rings. The van der Waals surface area contributed by atoms with Crippen LogP contribution in [0.1, 0.15) is 26.7 Å². The lowest BCUT2D eigenvalue weighted by Crippen LogP contribution is -2.24. The zero-order chi connectivity index (χ0) is 14.8. The quantitative estimate of drug-likeness (QED) is 0.780. The number of aromatic amines is 1. The third-order valence-electron chi connectivity index (χ3n) is 3.02. The summed E-state index contributed by atoms with van der Waals surface area (Å²) in [5.74, 6) is -1.11. The van der Waals surface area contributed by atoms with Crippen LogP contribution in [0.4, 0.5) is 5.69 Å². The molecule has 0 aliphatic carbocycles. The normalized spacial score (nSPS) is 11.5. The third-order valence-corrected chi connectivity index (χ3v) is 3.02. The predicted molar refractivity (Wildman–Crippen MR) is 75.4 cm³/mol. The fourth-order valence-electron chi connectivity index (χ4n) is 2.17. The smallest absolute Gasteiger partial charge is 0.303 e. The van der Waals surface area contributed by atoms with E-state index in [0.717, 1.165) is 10.9 Å². The van der Waals surface area contributed by atoms with E-state index >= 15 is 0 Å². The van der Waals surface area contributed by atoms with Gasteiger partial charge in [-0.2, -0.15) is 5.10 Å². The van der Waals surface area contributed by atoms with Gasteiger partial charge in [0.15, 0.2) is 0 Å². The first-order valence-corrected chi connectivity index (χ1v) is 6.31. The Hall–Kier alpha value is -2.37. The molecule has 1 heterocycles. The molecule has 2 rings (SSSR count). The van der Waals surface area contributed by atoms with Crippen molar-refractivity contribution in [3.8, 4) is 0 Å². The van der Waals surface area contributed by atoms with Crippen LogP contribution in [0.15, 0.2) is 24.4 Å². The molecule has 0 bridgehead atoms. The summed E-state index contributed by atoms with van der Waals surface area (Å²) < 4.78 is 0. The lowest BCUT2D eigenvalue weighted by molar-refractivity contribution is -0.139. The second-order valence-corrected chi connectivity index (χ2v) is 5.60. The Balaban J connectivity index is 2.08. The van der Waals surface area contributed by atoms with Crippen molar-refractivity contribution in [3.05, 3.63) is 24.4 Å². The summed E-state index contributed by atoms with van der Waals surface area (Å²) >= 11 is 0. The standard InChI is InChI=1S/C14H17N3O3/c1-14(2,7-12(19)20)6-11(18)16-10-5-3-4-9-8-15-17-13(9)10/h3-5,8H,6-7H2,1-2H3,(H,15,17)(H,16,18)(H,19,20).